The molecule has 4 aliphatic carbocycles. The van der Waals surface area contributed by atoms with Crippen molar-refractivity contribution in [3.63, 3.8) is 0 Å². The van der Waals surface area contributed by atoms with Gasteiger partial charge in [-0.05, 0) is 168 Å². The van der Waals surface area contributed by atoms with Crippen molar-refractivity contribution in [3.8, 4) is 20.9 Å². The number of allylic oxidation sites excluding steroid dienone is 1. The number of nitrogens with zero attached hydrogens (tertiary/aromatic N) is 2. The largest absolute Gasteiger partial charge is 0.397 e. The lowest BCUT2D eigenvalue weighted by Crippen LogP contribution is -2.16. The second kappa shape index (κ2) is 28.1. The summed E-state index contributed by atoms with van der Waals surface area (Å²) in [4.78, 5) is 68.5. The summed E-state index contributed by atoms with van der Waals surface area (Å²) >= 11 is 6.80. The Hall–Kier alpha value is -9.22. The van der Waals surface area contributed by atoms with Crippen LogP contribution in [-0.2, 0) is 10.8 Å². The van der Waals surface area contributed by atoms with Gasteiger partial charge in [-0.2, -0.15) is 0 Å². The minimum absolute atomic E-state index is 0. The number of aliphatic hydroxyl groups is 1. The molecule has 0 amide bonds. The van der Waals surface area contributed by atoms with Crippen molar-refractivity contribution in [3.05, 3.63) is 277 Å². The van der Waals surface area contributed by atoms with Gasteiger partial charge in [0.25, 0.3) is 0 Å². The lowest BCUT2D eigenvalue weighted by molar-refractivity contribution is 0.0918. The second-order valence-corrected chi connectivity index (χ2v) is 28.5. The zero-order valence-electron chi connectivity index (χ0n) is 53.0. The third kappa shape index (κ3) is 13.0. The fraction of sp³-hybridized carbons (Fsp3) is 0.141. The van der Waals surface area contributed by atoms with Crippen LogP contribution in [0, 0.1) is 24.4 Å². The molecule has 0 fully saturated rings. The first kappa shape index (κ1) is 69.1. The van der Waals surface area contributed by atoms with Crippen LogP contribution in [0.25, 0.3) is 45.8 Å². The van der Waals surface area contributed by atoms with Gasteiger partial charge in [0.15, 0.2) is 41.1 Å². The van der Waals surface area contributed by atoms with Crippen molar-refractivity contribution in [2.45, 2.75) is 66.2 Å². The van der Waals surface area contributed by atoms with Gasteiger partial charge in [0, 0.05) is 127 Å². The minimum atomic E-state index is -1.10. The summed E-state index contributed by atoms with van der Waals surface area (Å²) in [6.07, 6.45) is 1.71. The number of benzene rings is 8. The van der Waals surface area contributed by atoms with Crippen LogP contribution in [0.2, 0.25) is 0 Å². The summed E-state index contributed by atoms with van der Waals surface area (Å²) < 4.78 is 44.3. The van der Waals surface area contributed by atoms with Crippen LogP contribution in [0.5, 0.6) is 0 Å². The number of rotatable bonds is 8. The third-order valence-corrected chi connectivity index (χ3v) is 21.9. The molecule has 8 nitrogen and oxygen atoms in total. The molecule has 0 atom stereocenters. The highest BCUT2D eigenvalue weighted by atomic mass is 32.1. The van der Waals surface area contributed by atoms with Crippen molar-refractivity contribution in [2.75, 3.05) is 16.4 Å². The predicted octanol–water partition coefficient (Wildman–Crippen LogP) is 20.0. The van der Waals surface area contributed by atoms with Gasteiger partial charge in [0.2, 0.25) is 0 Å². The Balaban J connectivity index is 0.000000156. The van der Waals surface area contributed by atoms with E-state index in [1.165, 1.54) is 69.4 Å². The van der Waals surface area contributed by atoms with E-state index in [1.807, 2.05) is 29.5 Å². The number of carbonyl (C=O) groups is 5. The number of hydrogen-bond acceptors (Lipinski definition) is 12. The molecule has 0 saturated heterocycles. The monoisotopic (exact) mass is 1350 g/mol. The molecule has 0 bridgehead atoms. The van der Waals surface area contributed by atoms with Gasteiger partial charge in [0.1, 0.15) is 5.82 Å². The van der Waals surface area contributed by atoms with Gasteiger partial charge >= 0.3 is 0 Å². The maximum atomic E-state index is 14.2. The van der Waals surface area contributed by atoms with Crippen molar-refractivity contribution in [2.24, 2.45) is 0 Å². The molecule has 0 saturated carbocycles. The van der Waals surface area contributed by atoms with E-state index in [0.717, 1.165) is 67.0 Å². The standard InChI is InChI=1S/C38H26FNO2S2.C28H21NOS2.C9H4F2O2.C2H6O.CH4.B4/c1-21-16-27-28(20-31(21)39)35(42)29(34(27)41)18-25-19-32-37(43-25)33-36(44-32)26-15-14-24(17-30(26)38(33,2)3)40(22-10-6-4-7-11-22)23-12-8-5-9-13-23;1-28(2)23-15-20(29(18-9-5-3-6-10-18)19-11-7-4-8-12-19)13-14-22(23)26-25(28)27-24(32-26)16-21(17-30)31-27;10-6-1-4-5(2-7(6)11)9(13)3-8(4)12;1-2-3;;1-4(2)3/h4-20H,1-3H3;3-17H,1-2H3;1-2H,3H2;3H,2H2,1H3;1H4;/b29-18-;;;;;. The average Bonchev–Trinajstić information content (AvgIpc) is 1.55. The van der Waals surface area contributed by atoms with Crippen LogP contribution in [-0.4, -0.2) is 70.7 Å². The molecule has 6 radical (unpaired) electrons. The van der Waals surface area contributed by atoms with E-state index in [9.17, 15) is 37.1 Å². The van der Waals surface area contributed by atoms with E-state index in [0.29, 0.717) is 5.56 Å². The maximum absolute atomic E-state index is 14.2. The summed E-state index contributed by atoms with van der Waals surface area (Å²) in [7, 11) is 14.0. The van der Waals surface area contributed by atoms with Crippen LogP contribution >= 0.6 is 45.3 Å². The predicted molar refractivity (Wildman–Crippen MR) is 399 cm³/mol. The van der Waals surface area contributed by atoms with Gasteiger partial charge in [-0.15, -0.1) is 45.3 Å². The minimum Gasteiger partial charge on any atom is -0.397 e. The van der Waals surface area contributed by atoms with E-state index >= 15 is 0 Å². The zero-order valence-corrected chi connectivity index (χ0v) is 56.3. The number of anilines is 6. The average molecular weight is 1350 g/mol. The molecule has 1 N–H and O–H groups in total. The lowest BCUT2D eigenvalue weighted by atomic mass is 9.08. The summed E-state index contributed by atoms with van der Waals surface area (Å²) in [5.74, 6) is -4.30. The number of thiophene rings is 4. The number of para-hydroxylation sites is 4. The van der Waals surface area contributed by atoms with Crippen molar-refractivity contribution in [1.82, 2.24) is 0 Å². The summed E-state index contributed by atoms with van der Waals surface area (Å²) in [6.45, 7) is 12.7. The Labute approximate surface area is 582 Å². The summed E-state index contributed by atoms with van der Waals surface area (Å²) in [5, 5.41) is 7.57. The van der Waals surface area contributed by atoms with Crippen LogP contribution < -0.4 is 9.80 Å². The molecule has 8 aromatic carbocycles. The number of aliphatic hydroxyl groups excluding tert-OH is 1. The van der Waals surface area contributed by atoms with Crippen LogP contribution in [0.3, 0.4) is 0 Å². The Morgan fingerprint density at radius 2 is 0.835 bits per heavy atom. The molecule has 4 aliphatic rings. The summed E-state index contributed by atoms with van der Waals surface area (Å²) in [5.41, 5.74) is 15.1. The molecule has 476 valence electrons. The maximum Gasteiger partial charge on any atom is 0.197 e. The summed E-state index contributed by atoms with van der Waals surface area (Å²) in [6, 6.07) is 63.8. The fourth-order valence-corrected chi connectivity index (χ4v) is 18.5. The van der Waals surface area contributed by atoms with E-state index < -0.39 is 41.2 Å². The highest BCUT2D eigenvalue weighted by Crippen LogP contribution is 2.60. The second-order valence-electron chi connectivity index (χ2n) is 24.2. The van der Waals surface area contributed by atoms with Gasteiger partial charge in [0.05, 0.1) is 26.3 Å². The SMILES string of the molecule is C.CC1(C)c2cc(N(c3ccccc3)c3ccccc3)ccc2-c2sc3cc(C=O)sc3c21.CCO.Cc1cc2c(cc1F)C(=O)/C(=C\c1cc3sc4c(c3s1)C(C)(C)c1cc(N(c3ccccc3)c3ccccc3)ccc1-4)C2=O.O=C1CC(=O)c2cc(F)c(F)cc21.[B]B([B])[B]. The molecule has 0 spiro atoms. The van der Waals surface area contributed by atoms with Gasteiger partial charge < -0.3 is 14.9 Å². The van der Waals surface area contributed by atoms with E-state index in [1.54, 1.807) is 53.9 Å². The Kier molecular flexibility index (Phi) is 20.0. The smallest absolute Gasteiger partial charge is 0.197 e. The Bertz CT molecular complexity index is 4920. The lowest BCUT2D eigenvalue weighted by Gasteiger charge is -2.28. The zero-order chi connectivity index (χ0) is 68.1. The van der Waals surface area contributed by atoms with Gasteiger partial charge in [-0.1, -0.05) is 120 Å². The normalized spacial score (nSPS) is 14.0. The molecule has 12 aromatic rings. The number of ketones is 4. The quantitative estimate of drug-likeness (QED) is 0.0526. The molecule has 16 rings (SSSR count). The molecular formula is C78H61B4F3N2O6S4. The number of halogens is 3. The first-order chi connectivity index (χ1) is 46.0. The number of Topliss-reactive ketones (excluding diaryl/α,β-unsaturated/α-hetero) is 4. The molecule has 0 aliphatic heterocycles. The van der Waals surface area contributed by atoms with Crippen molar-refractivity contribution in [1.29, 1.82) is 0 Å². The number of aryl methyl sites for hydroxylation is 1. The van der Waals surface area contributed by atoms with E-state index in [-0.39, 0.29) is 64.9 Å². The number of fused-ring (bicyclic) bond motifs is 12. The third-order valence-electron chi connectivity index (χ3n) is 17.1. The topological polar surface area (TPSA) is 112 Å². The van der Waals surface area contributed by atoms with Crippen molar-refractivity contribution < 1.29 is 42.3 Å². The van der Waals surface area contributed by atoms with Crippen LogP contribution in [0.1, 0.15) is 132 Å². The fourth-order valence-electron chi connectivity index (χ4n) is 12.8. The van der Waals surface area contributed by atoms with Crippen molar-refractivity contribution >= 4 is 163 Å². The Morgan fingerprint density at radius 3 is 1.22 bits per heavy atom. The van der Waals surface area contributed by atoms with Gasteiger partial charge in [-0.3, -0.25) is 24.0 Å². The molecule has 4 heterocycles. The number of aldehydes is 1. The molecular weight excluding hydrogens is 1290 g/mol. The van der Waals surface area contributed by atoms with E-state index in [2.05, 4.69) is 212 Å². The highest BCUT2D eigenvalue weighted by Gasteiger charge is 2.42. The van der Waals surface area contributed by atoms with E-state index in [4.69, 9.17) is 5.11 Å². The van der Waals surface area contributed by atoms with Gasteiger partial charge in [-0.25, -0.2) is 13.2 Å². The molecule has 4 aromatic heterocycles. The highest BCUT2D eigenvalue weighted by molar-refractivity contribution is 7.49. The first-order valence-electron chi connectivity index (χ1n) is 30.8. The molecule has 97 heavy (non-hydrogen) atoms. The molecule has 0 unspecified atom stereocenters. The first-order valence-corrected chi connectivity index (χ1v) is 34.0. The number of carbonyl (C=O) groups excluding carboxylic acids is 5. The molecule has 19 heteroatoms. The number of hydrogen-bond donors (Lipinski definition) is 1. The van der Waals surface area contributed by atoms with Crippen LogP contribution in [0.4, 0.5) is 47.3 Å². The van der Waals surface area contributed by atoms with Crippen LogP contribution in [0.15, 0.2) is 200 Å². The Morgan fingerprint density at radius 1 is 0.485 bits per heavy atom.